The van der Waals surface area contributed by atoms with Crippen molar-refractivity contribution in [3.05, 3.63) is 22.3 Å². The smallest absolute Gasteiger partial charge is 0.0588 e. The fourth-order valence-corrected chi connectivity index (χ4v) is 5.71. The lowest BCUT2D eigenvalue weighted by atomic mass is 10.0. The predicted octanol–water partition coefficient (Wildman–Crippen LogP) is 3.33. The second-order valence-electron chi connectivity index (χ2n) is 4.33. The second-order valence-corrected chi connectivity index (χ2v) is 7.74. The summed E-state index contributed by atoms with van der Waals surface area (Å²) in [5.74, 6) is -0.950. The van der Waals surface area contributed by atoms with Gasteiger partial charge in [0, 0.05) is 16.7 Å². The van der Waals surface area contributed by atoms with Gasteiger partial charge in [-0.3, -0.25) is 0 Å². The van der Waals surface area contributed by atoms with Gasteiger partial charge in [-0.05, 0) is 105 Å². The first-order valence-electron chi connectivity index (χ1n) is 6.05. The van der Waals surface area contributed by atoms with E-state index in [9.17, 15) is 9.90 Å². The normalized spacial score (nSPS) is 10.7. The monoisotopic (exact) mass is 598 g/mol. The van der Waals surface area contributed by atoms with Gasteiger partial charge in [0.15, 0.2) is 0 Å². The predicted molar refractivity (Wildman–Crippen MR) is 101 cm³/mol. The van der Waals surface area contributed by atoms with Crippen molar-refractivity contribution in [1.29, 1.82) is 0 Å². The molecular formula is C13H15I3NO2-. The van der Waals surface area contributed by atoms with E-state index in [0.717, 1.165) is 38.5 Å². The van der Waals surface area contributed by atoms with Crippen LogP contribution in [0.1, 0.15) is 37.7 Å². The average molecular weight is 598 g/mol. The third-order valence-corrected chi connectivity index (χ3v) is 5.95. The number of hydrogen-bond acceptors (Lipinski definition) is 3. The van der Waals surface area contributed by atoms with Crippen molar-refractivity contribution >= 4 is 79.4 Å². The molecule has 0 aliphatic rings. The van der Waals surface area contributed by atoms with Crippen molar-refractivity contribution in [2.75, 3.05) is 5.73 Å². The largest absolute Gasteiger partial charge is 0.550 e. The topological polar surface area (TPSA) is 66.2 Å². The Hall–Kier alpha value is 0.680. The third-order valence-electron chi connectivity index (χ3n) is 2.86. The first-order chi connectivity index (χ1) is 8.93. The molecule has 0 saturated heterocycles. The minimum atomic E-state index is -0.950. The van der Waals surface area contributed by atoms with Gasteiger partial charge in [0.25, 0.3) is 0 Å². The van der Waals surface area contributed by atoms with E-state index in [-0.39, 0.29) is 6.42 Å². The molecule has 1 aromatic carbocycles. The van der Waals surface area contributed by atoms with Gasteiger partial charge in [-0.2, -0.15) is 0 Å². The second kappa shape index (κ2) is 8.85. The first-order valence-corrected chi connectivity index (χ1v) is 9.28. The number of aliphatic carboxylic acids is 1. The molecule has 2 N–H and O–H groups in total. The van der Waals surface area contributed by atoms with Crippen molar-refractivity contribution in [2.24, 2.45) is 0 Å². The highest BCUT2D eigenvalue weighted by Crippen LogP contribution is 2.30. The minimum Gasteiger partial charge on any atom is -0.550 e. The maximum Gasteiger partial charge on any atom is 0.0588 e. The number of nitrogen functional groups attached to an aromatic ring is 1. The Balaban J connectivity index is 2.46. The van der Waals surface area contributed by atoms with E-state index in [1.54, 1.807) is 0 Å². The van der Waals surface area contributed by atoms with Gasteiger partial charge in [0.05, 0.1) is 5.69 Å². The Kier molecular flexibility index (Phi) is 8.26. The van der Waals surface area contributed by atoms with Gasteiger partial charge in [0.1, 0.15) is 0 Å². The van der Waals surface area contributed by atoms with Crippen molar-refractivity contribution in [3.8, 4) is 0 Å². The number of hydrogen-bond donors (Lipinski definition) is 1. The van der Waals surface area contributed by atoms with E-state index in [2.05, 4.69) is 73.8 Å². The van der Waals surface area contributed by atoms with Crippen LogP contribution in [0, 0.1) is 10.7 Å². The number of carboxylic acid groups (broad SMARTS) is 1. The van der Waals surface area contributed by atoms with Gasteiger partial charge >= 0.3 is 0 Å². The van der Waals surface area contributed by atoms with E-state index in [1.807, 2.05) is 0 Å². The van der Waals surface area contributed by atoms with Crippen molar-refractivity contribution in [3.63, 3.8) is 0 Å². The van der Waals surface area contributed by atoms with E-state index in [1.165, 1.54) is 9.13 Å². The van der Waals surface area contributed by atoms with E-state index in [4.69, 9.17) is 5.73 Å². The Bertz CT molecular complexity index is 464. The fourth-order valence-electron chi connectivity index (χ4n) is 1.80. The molecule has 0 bridgehead atoms. The molecule has 106 valence electrons. The van der Waals surface area contributed by atoms with Gasteiger partial charge in [-0.15, -0.1) is 0 Å². The highest BCUT2D eigenvalue weighted by Gasteiger charge is 2.11. The van der Waals surface area contributed by atoms with Crippen molar-refractivity contribution < 1.29 is 9.90 Å². The molecule has 6 heteroatoms. The summed E-state index contributed by atoms with van der Waals surface area (Å²) >= 11 is 6.93. The van der Waals surface area contributed by atoms with E-state index >= 15 is 0 Å². The Morgan fingerprint density at radius 1 is 1.11 bits per heavy atom. The average Bonchev–Trinajstić information content (AvgIpc) is 2.34. The third kappa shape index (κ3) is 5.90. The standard InChI is InChI=1S/C13H16I3NO2/c14-9-7-10(15)13(17)12(16)8(9)5-3-1-2-4-6-11(18)19/h7H,1-6,17H2,(H,18,19)/p-1. The molecule has 1 rings (SSSR count). The molecule has 3 nitrogen and oxygen atoms in total. The van der Waals surface area contributed by atoms with Crippen LogP contribution in [-0.2, 0) is 11.2 Å². The fraction of sp³-hybridized carbons (Fsp3) is 0.462. The quantitative estimate of drug-likeness (QED) is 0.298. The molecule has 0 aliphatic carbocycles. The van der Waals surface area contributed by atoms with Crippen LogP contribution in [0.15, 0.2) is 6.07 Å². The van der Waals surface area contributed by atoms with Crippen LogP contribution < -0.4 is 10.8 Å². The summed E-state index contributed by atoms with van der Waals surface area (Å²) in [5, 5.41) is 10.3. The number of benzene rings is 1. The maximum atomic E-state index is 10.3. The van der Waals surface area contributed by atoms with Crippen LogP contribution in [-0.4, -0.2) is 5.97 Å². The van der Waals surface area contributed by atoms with Gasteiger partial charge in [-0.1, -0.05) is 12.8 Å². The number of unbranched alkanes of at least 4 members (excludes halogenated alkanes) is 3. The summed E-state index contributed by atoms with van der Waals surface area (Å²) in [7, 11) is 0. The zero-order chi connectivity index (χ0) is 14.4. The van der Waals surface area contributed by atoms with Crippen LogP contribution in [0.3, 0.4) is 0 Å². The van der Waals surface area contributed by atoms with E-state index < -0.39 is 5.97 Å². The molecule has 19 heavy (non-hydrogen) atoms. The molecule has 0 radical (unpaired) electrons. The number of rotatable bonds is 7. The molecular weight excluding hydrogens is 583 g/mol. The minimum absolute atomic E-state index is 0.172. The number of carboxylic acids is 1. The zero-order valence-electron chi connectivity index (χ0n) is 10.3. The lowest BCUT2D eigenvalue weighted by molar-refractivity contribution is -0.305. The molecule has 0 saturated carbocycles. The number of carbonyl (C=O) groups is 1. The Morgan fingerprint density at radius 3 is 2.37 bits per heavy atom. The van der Waals surface area contributed by atoms with Gasteiger partial charge in [-0.25, -0.2) is 0 Å². The number of anilines is 1. The molecule has 1 aromatic rings. The van der Waals surface area contributed by atoms with Gasteiger partial charge in [0.2, 0.25) is 0 Å². The summed E-state index contributed by atoms with van der Waals surface area (Å²) < 4.78 is 3.52. The van der Waals surface area contributed by atoms with Crippen LogP contribution >= 0.6 is 67.8 Å². The Labute approximate surface area is 154 Å². The van der Waals surface area contributed by atoms with Crippen LogP contribution in [0.4, 0.5) is 5.69 Å². The molecule has 0 aromatic heterocycles. The summed E-state index contributed by atoms with van der Waals surface area (Å²) in [6.07, 6.45) is 4.95. The lowest BCUT2D eigenvalue weighted by Gasteiger charge is -2.11. The molecule has 0 spiro atoms. The molecule has 0 fully saturated rings. The number of nitrogens with two attached hydrogens (primary N) is 1. The maximum absolute atomic E-state index is 10.3. The molecule has 0 atom stereocenters. The number of halogens is 3. The zero-order valence-corrected chi connectivity index (χ0v) is 16.8. The highest BCUT2D eigenvalue weighted by atomic mass is 127. The number of carbonyl (C=O) groups excluding carboxylic acids is 1. The molecule has 0 amide bonds. The Morgan fingerprint density at radius 2 is 1.74 bits per heavy atom. The summed E-state index contributed by atoms with van der Waals surface area (Å²) in [6.45, 7) is 0. The van der Waals surface area contributed by atoms with Crippen LogP contribution in [0.25, 0.3) is 0 Å². The van der Waals surface area contributed by atoms with Crippen molar-refractivity contribution in [1.82, 2.24) is 0 Å². The summed E-state index contributed by atoms with van der Waals surface area (Å²) in [4.78, 5) is 10.3. The highest BCUT2D eigenvalue weighted by molar-refractivity contribution is 14.1. The van der Waals surface area contributed by atoms with Gasteiger partial charge < -0.3 is 15.6 Å². The first kappa shape index (κ1) is 17.7. The summed E-state index contributed by atoms with van der Waals surface area (Å²) in [6, 6.07) is 2.12. The van der Waals surface area contributed by atoms with Crippen LogP contribution in [0.2, 0.25) is 0 Å². The van der Waals surface area contributed by atoms with Crippen LogP contribution in [0.5, 0.6) is 0 Å². The summed E-state index contributed by atoms with van der Waals surface area (Å²) in [5.41, 5.74) is 8.23. The molecule has 0 unspecified atom stereocenters. The van der Waals surface area contributed by atoms with E-state index in [0.29, 0.717) is 6.42 Å². The molecule has 0 heterocycles. The molecule has 0 aliphatic heterocycles. The van der Waals surface area contributed by atoms with Crippen molar-refractivity contribution in [2.45, 2.75) is 38.5 Å². The lowest BCUT2D eigenvalue weighted by Crippen LogP contribution is -2.21. The SMILES string of the molecule is Nc1c(I)cc(I)c(CCCCCCC(=O)[O-])c1I.